The summed E-state index contributed by atoms with van der Waals surface area (Å²) in [6.45, 7) is 10.5. The van der Waals surface area contributed by atoms with Crippen LogP contribution >= 0.6 is 11.8 Å². The number of nitrogens with two attached hydrogens (primary N) is 2. The predicted octanol–water partition coefficient (Wildman–Crippen LogP) is -2.15. The number of benzene rings is 4. The topological polar surface area (TPSA) is 491 Å². The normalized spacial score (nSPS) is 25.6. The third kappa shape index (κ3) is 26.7. The van der Waals surface area contributed by atoms with Gasteiger partial charge in [-0.15, -0.1) is 11.8 Å². The van der Waals surface area contributed by atoms with Crippen LogP contribution in [0.4, 0.5) is 0 Å². The maximum absolute atomic E-state index is 15.0. The maximum atomic E-state index is 15.0. The van der Waals surface area contributed by atoms with E-state index in [2.05, 4.69) is 58.5 Å². The molecule has 15 amide bonds. The smallest absolute Gasteiger partial charge is 0.245 e. The van der Waals surface area contributed by atoms with Crippen molar-refractivity contribution in [3.8, 4) is 11.1 Å². The minimum absolute atomic E-state index is 0.0101. The summed E-state index contributed by atoms with van der Waals surface area (Å²) in [5.74, 6) is -14.7. The van der Waals surface area contributed by atoms with Crippen molar-refractivity contribution in [2.75, 3.05) is 45.2 Å². The van der Waals surface area contributed by atoms with Crippen LogP contribution in [0.5, 0.6) is 0 Å². The first kappa shape index (κ1) is 90.0. The van der Waals surface area contributed by atoms with Gasteiger partial charge in [0.1, 0.15) is 78.5 Å². The van der Waals surface area contributed by atoms with Crippen molar-refractivity contribution < 1.29 is 82.1 Å². The van der Waals surface area contributed by atoms with E-state index in [1.54, 1.807) is 86.6 Å². The van der Waals surface area contributed by atoms with E-state index in [0.29, 0.717) is 36.0 Å². The lowest BCUT2D eigenvalue weighted by Crippen LogP contribution is -2.63. The molecule has 4 aromatic carbocycles. The van der Waals surface area contributed by atoms with E-state index in [0.717, 1.165) is 46.5 Å². The van der Waals surface area contributed by atoms with Crippen LogP contribution in [0, 0.1) is 5.92 Å². The summed E-state index contributed by atoms with van der Waals surface area (Å²) < 4.78 is 0. The quantitative estimate of drug-likeness (QED) is 0.0501. The Hall–Kier alpha value is -10.8. The number of likely N-dealkylation sites (N-methyl/N-ethyl adjacent to an activating group) is 2. The molecule has 0 unspecified atom stereocenters. The zero-order valence-electron chi connectivity index (χ0n) is 64.8. The van der Waals surface area contributed by atoms with E-state index in [1.165, 1.54) is 46.7 Å². The number of aliphatic hydroxyl groups excluding tert-OH is 2. The van der Waals surface area contributed by atoms with E-state index in [-0.39, 0.29) is 50.9 Å². The highest BCUT2D eigenvalue weighted by atomic mass is 32.2. The summed E-state index contributed by atoms with van der Waals surface area (Å²) >= 11 is 0.848. The largest absolute Gasteiger partial charge is 0.391 e. The number of carbonyl (C=O) groups excluding carboxylic acids is 15. The Labute approximate surface area is 655 Å². The Kier molecular flexibility index (Phi) is 35.1. The van der Waals surface area contributed by atoms with Crippen molar-refractivity contribution in [2.45, 2.75) is 198 Å². The highest BCUT2D eigenvalue weighted by Crippen LogP contribution is 2.23. The average Bonchev–Trinajstić information content (AvgIpc) is 1.45. The zero-order valence-corrected chi connectivity index (χ0v) is 65.6. The number of amides is 15. The fourth-order valence-corrected chi connectivity index (χ4v) is 13.4. The average molecular weight is 1570 g/mol. The van der Waals surface area contributed by atoms with Crippen LogP contribution in [0.1, 0.15) is 104 Å². The van der Waals surface area contributed by atoms with Crippen molar-refractivity contribution in [3.05, 3.63) is 132 Å². The van der Waals surface area contributed by atoms with E-state index in [9.17, 15) is 77.3 Å². The van der Waals surface area contributed by atoms with Gasteiger partial charge in [-0.2, -0.15) is 0 Å². The van der Waals surface area contributed by atoms with Gasteiger partial charge in [-0.05, 0) is 114 Å². The third-order valence-electron chi connectivity index (χ3n) is 19.4. The van der Waals surface area contributed by atoms with Gasteiger partial charge in [0, 0.05) is 45.7 Å². The SMILES string of the molecule is CC(C)[C@@H]1NC(=O)[C@H](Cc2ccccc2)NC(=O)CSC[C@@H](C(=O)NCC(N)=O)NC(=O)[C@@H]2CCCN2C(=O)[C@H](C)NC(=O)[C@H](CCCCN)NC(=O)[C@H](C)N(C)C(=O)[C@H](Cc2ccc(-c3ccccc3)cc2)NC(=O)[C@H](C)N(C)C(=O)[C@H](Cc2ccccc2)NC(=O)[C@H]([C@@H](C)O)NC(=O)[C@H]([C@@H](C)O)NC(=O)[C@H](C)NC1=O. The monoisotopic (exact) mass is 1570 g/mol. The minimum Gasteiger partial charge on any atom is -0.391 e. The van der Waals surface area contributed by atoms with Gasteiger partial charge in [0.15, 0.2) is 0 Å². The fraction of sp³-hybridized carbons (Fsp3) is 0.500. The Balaban J connectivity index is 1.36. The number of unbranched alkanes of at least 4 members (excludes halogenated alkanes) is 1. The lowest BCUT2D eigenvalue weighted by molar-refractivity contribution is -0.145. The number of rotatable bonds is 17. The van der Waals surface area contributed by atoms with Crippen LogP contribution in [0.2, 0.25) is 0 Å². The first-order chi connectivity index (χ1) is 53.1. The number of hydrogen-bond acceptors (Lipinski definition) is 19. The lowest BCUT2D eigenvalue weighted by Gasteiger charge is -2.33. The molecule has 2 saturated heterocycles. The number of thioether (sulfide) groups is 1. The second-order valence-corrected chi connectivity index (χ2v) is 29.6. The van der Waals surface area contributed by atoms with Crippen LogP contribution < -0.4 is 70.0 Å². The van der Waals surface area contributed by atoms with Crippen molar-refractivity contribution in [2.24, 2.45) is 17.4 Å². The molecule has 17 N–H and O–H groups in total. The summed E-state index contributed by atoms with van der Waals surface area (Å²) in [5, 5.41) is 50.4. The number of nitrogens with one attached hydrogen (secondary N) is 11. The molecule has 2 aliphatic heterocycles. The third-order valence-corrected chi connectivity index (χ3v) is 20.5. The molecule has 2 heterocycles. The number of carbonyl (C=O) groups is 15. The molecule has 2 aliphatic rings. The molecule has 608 valence electrons. The Morgan fingerprint density at radius 1 is 0.491 bits per heavy atom. The Morgan fingerprint density at radius 2 is 0.938 bits per heavy atom. The van der Waals surface area contributed by atoms with E-state index in [4.69, 9.17) is 11.5 Å². The number of nitrogens with zero attached hydrogens (tertiary/aromatic N) is 3. The van der Waals surface area contributed by atoms with E-state index in [1.807, 2.05) is 42.5 Å². The van der Waals surface area contributed by atoms with Gasteiger partial charge >= 0.3 is 0 Å². The molecule has 6 rings (SSSR count). The second-order valence-electron chi connectivity index (χ2n) is 28.6. The standard InChI is InChI=1S/C78H108N16O17S/c1-43(2)63-73(106)82-44(3)66(99)90-65(49(8)96)75(108)91-64(48(7)95)74(107)87-58(38-51-25-16-12-17-26-51)78(111)93(10)47(6)68(101)86-57(39-52-31-33-54(34-32-52)53-27-18-13-19-28-53)77(110)92(9)46(5)67(100)85-55(29-20-21-35-79)70(103)83-45(4)76(109)94-36-22-30-60(94)72(105)88-59(69(102)81-40-61(80)97)41-112-42-62(98)84-56(71(104)89-63)37-50-23-14-11-15-24-50/h11-19,23-28,31-34,43-49,55-60,63-65,95-96H,20-22,29-30,35-42,79H2,1-10H3,(H2,80,97)(H,81,102)(H,82,106)(H,83,103)(H,84,98)(H,85,100)(H,86,101)(H,87,107)(H,88,105)(H,89,104)(H,90,99)(H,91,108)/t44-,45-,46-,47-,48+,49+,55-,56-,57-,58-,59-,60-,63-,64-,65-/m0/s1. The molecule has 0 spiro atoms. The van der Waals surface area contributed by atoms with Crippen LogP contribution in [0.25, 0.3) is 11.1 Å². The van der Waals surface area contributed by atoms with Crippen molar-refractivity contribution in [3.63, 3.8) is 0 Å². The van der Waals surface area contributed by atoms with Crippen molar-refractivity contribution in [1.82, 2.24) is 73.2 Å². The molecule has 0 aromatic heterocycles. The van der Waals surface area contributed by atoms with Gasteiger partial charge in [-0.1, -0.05) is 129 Å². The molecule has 0 saturated carbocycles. The summed E-state index contributed by atoms with van der Waals surface area (Å²) in [7, 11) is 2.60. The molecular formula is C78H108N16O17S. The second kappa shape index (κ2) is 43.7. The van der Waals surface area contributed by atoms with E-state index >= 15 is 4.79 Å². The zero-order chi connectivity index (χ0) is 82.6. The number of primary amides is 1. The van der Waals surface area contributed by atoms with Crippen LogP contribution in [-0.2, 0) is 91.2 Å². The minimum atomic E-state index is -1.88. The molecule has 4 aromatic rings. The summed E-state index contributed by atoms with van der Waals surface area (Å²) in [5.41, 5.74) is 14.6. The van der Waals surface area contributed by atoms with Crippen LogP contribution in [-0.4, -0.2) is 250 Å². The van der Waals surface area contributed by atoms with Crippen molar-refractivity contribution in [1.29, 1.82) is 0 Å². The van der Waals surface area contributed by atoms with Gasteiger partial charge in [0.2, 0.25) is 88.6 Å². The number of fused-ring (bicyclic) bond motifs is 1. The summed E-state index contributed by atoms with van der Waals surface area (Å²) in [4.78, 5) is 216. The number of hydrogen-bond donors (Lipinski definition) is 15. The lowest BCUT2D eigenvalue weighted by atomic mass is 9.99. The molecule has 34 heteroatoms. The van der Waals surface area contributed by atoms with Gasteiger partial charge < -0.3 is 94.9 Å². The summed E-state index contributed by atoms with van der Waals surface area (Å²) in [6.07, 6.45) is -2.72. The van der Waals surface area contributed by atoms with Gasteiger partial charge in [0.05, 0.1) is 24.5 Å². The molecule has 15 atom stereocenters. The maximum Gasteiger partial charge on any atom is 0.245 e. The first-order valence-corrected chi connectivity index (χ1v) is 38.5. The molecule has 0 aliphatic carbocycles. The highest BCUT2D eigenvalue weighted by Gasteiger charge is 2.42. The number of aliphatic hydroxyl groups is 2. The molecule has 0 bridgehead atoms. The van der Waals surface area contributed by atoms with E-state index < -0.39 is 198 Å². The van der Waals surface area contributed by atoms with Gasteiger partial charge in [-0.3, -0.25) is 71.9 Å². The molecule has 33 nitrogen and oxygen atoms in total. The van der Waals surface area contributed by atoms with Gasteiger partial charge in [0.25, 0.3) is 0 Å². The Bertz CT molecular complexity index is 3940. The predicted molar refractivity (Wildman–Crippen MR) is 416 cm³/mol. The van der Waals surface area contributed by atoms with Crippen LogP contribution in [0.3, 0.4) is 0 Å². The van der Waals surface area contributed by atoms with Crippen molar-refractivity contribution >= 4 is 100 Å². The molecule has 112 heavy (non-hydrogen) atoms. The molecular weight excluding hydrogens is 1470 g/mol. The Morgan fingerprint density at radius 3 is 1.46 bits per heavy atom. The first-order valence-electron chi connectivity index (χ1n) is 37.4. The highest BCUT2D eigenvalue weighted by molar-refractivity contribution is 8.00. The molecule has 0 radical (unpaired) electrons. The molecule has 2 fully saturated rings. The fourth-order valence-electron chi connectivity index (χ4n) is 12.5. The summed E-state index contributed by atoms with van der Waals surface area (Å²) in [6, 6.07) is 14.5. The van der Waals surface area contributed by atoms with Crippen LogP contribution in [0.15, 0.2) is 115 Å². The van der Waals surface area contributed by atoms with Gasteiger partial charge in [-0.25, -0.2) is 0 Å².